The maximum atomic E-state index is 6.11. The maximum absolute atomic E-state index is 6.11. The van der Waals surface area contributed by atoms with Gasteiger partial charge in [0.1, 0.15) is 18.6 Å². The van der Waals surface area contributed by atoms with Crippen LogP contribution in [0, 0.1) is 5.41 Å². The predicted molar refractivity (Wildman–Crippen MR) is 118 cm³/mol. The smallest absolute Gasteiger partial charge is 0.199 e. The first-order chi connectivity index (χ1) is 14.2. The van der Waals surface area contributed by atoms with Crippen LogP contribution in [0.25, 0.3) is 0 Å². The third-order valence-electron chi connectivity index (χ3n) is 5.75. The third kappa shape index (κ3) is 4.52. The quantitative estimate of drug-likeness (QED) is 0.645. The Kier molecular flexibility index (Phi) is 5.98. The molecule has 2 aliphatic heterocycles. The summed E-state index contributed by atoms with van der Waals surface area (Å²) in [6.07, 6.45) is 3.74. The zero-order valence-corrected chi connectivity index (χ0v) is 17.4. The van der Waals surface area contributed by atoms with Crippen molar-refractivity contribution in [3.05, 3.63) is 71.8 Å². The van der Waals surface area contributed by atoms with Gasteiger partial charge in [0.2, 0.25) is 0 Å². The molecule has 152 valence electrons. The lowest BCUT2D eigenvalue weighted by Crippen LogP contribution is -2.37. The van der Waals surface area contributed by atoms with E-state index in [9.17, 15) is 0 Å². The van der Waals surface area contributed by atoms with Crippen LogP contribution in [0.15, 0.2) is 70.6 Å². The molecule has 0 saturated heterocycles. The van der Waals surface area contributed by atoms with E-state index < -0.39 is 0 Å². The molecule has 0 unspecified atom stereocenters. The Hall–Kier alpha value is -2.62. The molecule has 4 rings (SSSR count). The summed E-state index contributed by atoms with van der Waals surface area (Å²) >= 11 is 0. The average Bonchev–Trinajstić information content (AvgIpc) is 3.40. The molecule has 2 heterocycles. The normalized spacial score (nSPS) is 21.3. The van der Waals surface area contributed by atoms with E-state index in [4.69, 9.17) is 19.5 Å². The van der Waals surface area contributed by atoms with Gasteiger partial charge in [-0.3, -0.25) is 0 Å². The summed E-state index contributed by atoms with van der Waals surface area (Å²) in [5.41, 5.74) is 2.20. The maximum Gasteiger partial charge on any atom is 0.199 e. The van der Waals surface area contributed by atoms with Gasteiger partial charge < -0.3 is 9.47 Å². The number of hydrogen-bond donors (Lipinski definition) is 0. The van der Waals surface area contributed by atoms with Crippen LogP contribution in [0.1, 0.15) is 37.8 Å². The van der Waals surface area contributed by atoms with Crippen LogP contribution in [0.4, 0.5) is 0 Å². The van der Waals surface area contributed by atoms with Gasteiger partial charge in [-0.05, 0) is 37.3 Å². The fourth-order valence-corrected chi connectivity index (χ4v) is 4.22. The molecule has 2 aromatic rings. The van der Waals surface area contributed by atoms with Crippen LogP contribution >= 0.6 is 0 Å². The molecular weight excluding hydrogens is 360 g/mol. The number of nitrogens with zero attached hydrogens (tertiary/aromatic N) is 2. The van der Waals surface area contributed by atoms with Gasteiger partial charge in [0.05, 0.1) is 12.1 Å². The Morgan fingerprint density at radius 2 is 1.24 bits per heavy atom. The van der Waals surface area contributed by atoms with E-state index in [0.29, 0.717) is 13.2 Å². The molecule has 0 N–H and O–H groups in total. The van der Waals surface area contributed by atoms with Crippen LogP contribution in [0.3, 0.4) is 0 Å². The van der Waals surface area contributed by atoms with Gasteiger partial charge in [0, 0.05) is 0 Å². The fourth-order valence-electron chi connectivity index (χ4n) is 4.22. The highest BCUT2D eigenvalue weighted by atomic mass is 16.5. The minimum atomic E-state index is -0.383. The van der Waals surface area contributed by atoms with Crippen molar-refractivity contribution in [2.45, 2.75) is 51.6 Å². The van der Waals surface area contributed by atoms with E-state index in [1.807, 2.05) is 12.1 Å². The summed E-state index contributed by atoms with van der Waals surface area (Å²) in [6.45, 7) is 5.62. The lowest BCUT2D eigenvalue weighted by atomic mass is 9.84. The van der Waals surface area contributed by atoms with Crippen LogP contribution in [-0.2, 0) is 22.3 Å². The van der Waals surface area contributed by atoms with E-state index in [-0.39, 0.29) is 17.5 Å². The Morgan fingerprint density at radius 3 is 1.66 bits per heavy atom. The molecule has 0 aliphatic carbocycles. The predicted octanol–water partition coefficient (Wildman–Crippen LogP) is 4.87. The molecule has 0 amide bonds. The highest BCUT2D eigenvalue weighted by Crippen LogP contribution is 2.34. The molecule has 0 spiro atoms. The highest BCUT2D eigenvalue weighted by molar-refractivity contribution is 6.05. The molecule has 4 nitrogen and oxygen atoms in total. The van der Waals surface area contributed by atoms with E-state index in [1.54, 1.807) is 0 Å². The lowest BCUT2D eigenvalue weighted by molar-refractivity contribution is 0.251. The summed E-state index contributed by atoms with van der Waals surface area (Å²) in [6, 6.07) is 21.3. The standard InChI is InChI=1S/C25H30N2O2/c1-3-14-25(2,23-26-21(17-28-23)15-19-10-6-4-7-11-19)24-27-22(18-29-24)16-20-12-8-5-9-13-20/h4-13,21-22H,3,14-18H2,1-2H3/t21-,22-/m0/s1. The molecule has 4 heteroatoms. The number of hydrogen-bond acceptors (Lipinski definition) is 4. The Labute approximate surface area is 173 Å². The highest BCUT2D eigenvalue weighted by Gasteiger charge is 2.44. The second kappa shape index (κ2) is 8.81. The van der Waals surface area contributed by atoms with Crippen LogP contribution < -0.4 is 0 Å². The van der Waals surface area contributed by atoms with Gasteiger partial charge >= 0.3 is 0 Å². The van der Waals surface area contributed by atoms with Crippen molar-refractivity contribution in [3.63, 3.8) is 0 Å². The van der Waals surface area contributed by atoms with Crippen molar-refractivity contribution in [2.24, 2.45) is 15.4 Å². The number of benzene rings is 2. The first-order valence-electron chi connectivity index (χ1n) is 10.7. The molecule has 29 heavy (non-hydrogen) atoms. The van der Waals surface area contributed by atoms with Gasteiger partial charge in [-0.25, -0.2) is 9.98 Å². The molecule has 0 fully saturated rings. The van der Waals surface area contributed by atoms with Crippen molar-refractivity contribution in [1.29, 1.82) is 0 Å². The molecule has 0 aromatic heterocycles. The van der Waals surface area contributed by atoms with E-state index in [1.165, 1.54) is 11.1 Å². The second-order valence-corrected chi connectivity index (χ2v) is 8.26. The number of rotatable bonds is 8. The van der Waals surface area contributed by atoms with Crippen molar-refractivity contribution >= 4 is 11.8 Å². The Balaban J connectivity index is 1.50. The SMILES string of the molecule is CCCC(C)(C1=N[C@@H](Cc2ccccc2)CO1)C1=N[C@@H](Cc2ccccc2)CO1. The summed E-state index contributed by atoms with van der Waals surface area (Å²) in [4.78, 5) is 9.92. The first kappa shape index (κ1) is 19.7. The zero-order valence-electron chi connectivity index (χ0n) is 17.4. The number of ether oxygens (including phenoxy) is 2. The number of aliphatic imine (C=N–C) groups is 2. The van der Waals surface area contributed by atoms with Gasteiger partial charge in [-0.15, -0.1) is 0 Å². The van der Waals surface area contributed by atoms with Crippen molar-refractivity contribution in [1.82, 2.24) is 0 Å². The third-order valence-corrected chi connectivity index (χ3v) is 5.75. The minimum absolute atomic E-state index is 0.158. The second-order valence-electron chi connectivity index (χ2n) is 8.26. The lowest BCUT2D eigenvalue weighted by Gasteiger charge is -2.27. The molecule has 2 aromatic carbocycles. The molecule has 0 saturated carbocycles. The minimum Gasteiger partial charge on any atom is -0.478 e. The van der Waals surface area contributed by atoms with Crippen molar-refractivity contribution in [3.8, 4) is 0 Å². The average molecular weight is 391 g/mol. The molecule has 0 radical (unpaired) electrons. The summed E-state index contributed by atoms with van der Waals surface area (Å²) in [5.74, 6) is 1.58. The Bertz CT molecular complexity index is 793. The van der Waals surface area contributed by atoms with Gasteiger partial charge in [0.25, 0.3) is 0 Å². The van der Waals surface area contributed by atoms with Crippen LogP contribution in [-0.4, -0.2) is 37.1 Å². The summed E-state index contributed by atoms with van der Waals surface area (Å²) < 4.78 is 12.2. The first-order valence-corrected chi connectivity index (χ1v) is 10.7. The van der Waals surface area contributed by atoms with Crippen molar-refractivity contribution < 1.29 is 9.47 Å². The largest absolute Gasteiger partial charge is 0.478 e. The molecule has 2 atom stereocenters. The summed E-state index contributed by atoms with van der Waals surface area (Å²) in [7, 11) is 0. The van der Waals surface area contributed by atoms with Crippen LogP contribution in [0.2, 0.25) is 0 Å². The van der Waals surface area contributed by atoms with Gasteiger partial charge in [-0.2, -0.15) is 0 Å². The van der Waals surface area contributed by atoms with Crippen molar-refractivity contribution in [2.75, 3.05) is 13.2 Å². The van der Waals surface area contributed by atoms with E-state index >= 15 is 0 Å². The fraction of sp³-hybridized carbons (Fsp3) is 0.440. The van der Waals surface area contributed by atoms with E-state index in [0.717, 1.165) is 37.5 Å². The molecular formula is C25H30N2O2. The van der Waals surface area contributed by atoms with Crippen LogP contribution in [0.5, 0.6) is 0 Å². The molecule has 2 aliphatic rings. The van der Waals surface area contributed by atoms with Gasteiger partial charge in [0.15, 0.2) is 11.8 Å². The van der Waals surface area contributed by atoms with Gasteiger partial charge in [-0.1, -0.05) is 74.0 Å². The zero-order chi connectivity index (χ0) is 20.1. The topological polar surface area (TPSA) is 43.2 Å². The van der Waals surface area contributed by atoms with E-state index in [2.05, 4.69) is 62.4 Å². The monoisotopic (exact) mass is 390 g/mol. The Morgan fingerprint density at radius 1 is 0.793 bits per heavy atom. The molecule has 0 bridgehead atoms. The summed E-state index contributed by atoms with van der Waals surface area (Å²) in [5, 5.41) is 0.